The van der Waals surface area contributed by atoms with Crippen molar-refractivity contribution in [3.05, 3.63) is 120 Å². The maximum atomic E-state index is 14.3. The molecule has 0 radical (unpaired) electrons. The minimum Gasteiger partial charge on any atom is -0.189 e. The van der Waals surface area contributed by atoms with Gasteiger partial charge in [-0.3, -0.25) is 0 Å². The predicted molar refractivity (Wildman–Crippen MR) is 129 cm³/mol. The van der Waals surface area contributed by atoms with Gasteiger partial charge in [0.2, 0.25) is 0 Å². The summed E-state index contributed by atoms with van der Waals surface area (Å²) < 4.78 is 38.4. The fraction of sp³-hybridized carbons (Fsp3) is 0.0400. The van der Waals surface area contributed by atoms with Crippen LogP contribution in [0.4, 0.5) is 3.89 Å². The first-order valence-electron chi connectivity index (χ1n) is 9.70. The molecule has 0 amide bonds. The van der Waals surface area contributed by atoms with Crippen molar-refractivity contribution in [3.63, 3.8) is 0 Å². The van der Waals surface area contributed by atoms with Gasteiger partial charge in [-0.15, -0.1) is 3.89 Å². The van der Waals surface area contributed by atoms with E-state index in [1.165, 1.54) is 6.07 Å². The minimum atomic E-state index is -5.00. The van der Waals surface area contributed by atoms with Gasteiger partial charge in [0.1, 0.15) is 28.1 Å². The summed E-state index contributed by atoms with van der Waals surface area (Å²) in [5.41, 5.74) is 0.375. The first-order chi connectivity index (χ1) is 14.9. The van der Waals surface area contributed by atoms with Gasteiger partial charge in [-0.1, -0.05) is 78.3 Å². The Labute approximate surface area is 187 Å². The molecule has 0 aliphatic carbocycles. The molecule has 4 aromatic rings. The summed E-state index contributed by atoms with van der Waals surface area (Å²) in [6.45, 7) is 0. The highest BCUT2D eigenvalue weighted by Gasteiger charge is 2.46. The third kappa shape index (κ3) is 4.29. The maximum Gasteiger partial charge on any atom is 0.333 e. The Morgan fingerprint density at radius 3 is 1.45 bits per heavy atom. The van der Waals surface area contributed by atoms with E-state index in [1.807, 2.05) is 54.6 Å². The van der Waals surface area contributed by atoms with Crippen LogP contribution >= 0.6 is 18.9 Å². The van der Waals surface area contributed by atoms with Crippen LogP contribution < -0.4 is 15.9 Å². The standard InChI is InChI=1S/C25H20ClFO2PS/c26-24-18-10-11-20(25(24)31(27,28)29)19-30(21-12-4-1-5-13-21,22-14-6-2-7-15-22)23-16-8-3-9-17-23/h1-18H,19H2/q+1. The second-order valence-electron chi connectivity index (χ2n) is 7.14. The third-order valence-electron chi connectivity index (χ3n) is 5.29. The van der Waals surface area contributed by atoms with Gasteiger partial charge in [0.15, 0.2) is 0 Å². The maximum absolute atomic E-state index is 14.3. The first-order valence-corrected chi connectivity index (χ1v) is 13.4. The lowest BCUT2D eigenvalue weighted by Crippen LogP contribution is -2.32. The van der Waals surface area contributed by atoms with Crippen LogP contribution in [0.3, 0.4) is 0 Å². The number of halogens is 2. The summed E-state index contributed by atoms with van der Waals surface area (Å²) in [5, 5.41) is 3.13. The van der Waals surface area contributed by atoms with Gasteiger partial charge in [0.05, 0.1) is 11.2 Å². The topological polar surface area (TPSA) is 34.1 Å². The lowest BCUT2D eigenvalue weighted by molar-refractivity contribution is 0.551. The van der Waals surface area contributed by atoms with E-state index < -0.39 is 22.4 Å². The van der Waals surface area contributed by atoms with Crippen LogP contribution in [0.2, 0.25) is 5.02 Å². The molecule has 0 heterocycles. The molecule has 0 saturated heterocycles. The Hall–Kier alpha value is -2.52. The van der Waals surface area contributed by atoms with E-state index in [4.69, 9.17) is 11.6 Å². The second-order valence-corrected chi connectivity index (χ2v) is 12.3. The highest BCUT2D eigenvalue weighted by molar-refractivity contribution is 7.95. The molecule has 2 nitrogen and oxygen atoms in total. The van der Waals surface area contributed by atoms with Crippen LogP contribution in [-0.2, 0) is 16.4 Å². The number of hydrogen-bond acceptors (Lipinski definition) is 2. The molecule has 4 rings (SSSR count). The Kier molecular flexibility index (Phi) is 6.24. The molecule has 0 fully saturated rings. The molecule has 31 heavy (non-hydrogen) atoms. The molecule has 0 aliphatic heterocycles. The number of rotatable bonds is 6. The predicted octanol–water partition coefficient (Wildman–Crippen LogP) is 5.49. The molecule has 0 unspecified atom stereocenters. The quantitative estimate of drug-likeness (QED) is 0.276. The zero-order valence-electron chi connectivity index (χ0n) is 16.5. The smallest absolute Gasteiger partial charge is 0.189 e. The zero-order valence-corrected chi connectivity index (χ0v) is 19.0. The molecular formula is C25H20ClFO2PS+. The van der Waals surface area contributed by atoms with Crippen molar-refractivity contribution >= 4 is 45.0 Å². The van der Waals surface area contributed by atoms with Crippen molar-refractivity contribution < 1.29 is 12.3 Å². The van der Waals surface area contributed by atoms with Gasteiger partial charge in [0, 0.05) is 5.56 Å². The average Bonchev–Trinajstić information content (AvgIpc) is 2.78. The Bertz CT molecular complexity index is 1180. The van der Waals surface area contributed by atoms with Gasteiger partial charge in [-0.25, -0.2) is 0 Å². The van der Waals surface area contributed by atoms with Gasteiger partial charge >= 0.3 is 10.2 Å². The minimum absolute atomic E-state index is 0.104. The van der Waals surface area contributed by atoms with Crippen LogP contribution in [0, 0.1) is 0 Å². The Balaban J connectivity index is 2.07. The van der Waals surface area contributed by atoms with E-state index >= 15 is 0 Å². The summed E-state index contributed by atoms with van der Waals surface area (Å²) in [6.07, 6.45) is 0.323. The molecular weight excluding hydrogens is 450 g/mol. The van der Waals surface area contributed by atoms with E-state index in [1.54, 1.807) is 12.1 Å². The monoisotopic (exact) mass is 469 g/mol. The average molecular weight is 470 g/mol. The molecule has 4 aromatic carbocycles. The van der Waals surface area contributed by atoms with Crippen LogP contribution in [0.15, 0.2) is 114 Å². The van der Waals surface area contributed by atoms with Crippen LogP contribution in [0.25, 0.3) is 0 Å². The van der Waals surface area contributed by atoms with Crippen molar-refractivity contribution in [3.8, 4) is 0 Å². The molecule has 0 atom stereocenters. The lowest BCUT2D eigenvalue weighted by atomic mass is 10.2. The third-order valence-corrected chi connectivity index (χ3v) is 11.0. The molecule has 0 aliphatic rings. The summed E-state index contributed by atoms with van der Waals surface area (Å²) in [6, 6.07) is 34.8. The van der Waals surface area contributed by atoms with E-state index in [9.17, 15) is 12.3 Å². The van der Waals surface area contributed by atoms with Crippen LogP contribution in [0.1, 0.15) is 5.56 Å². The normalized spacial score (nSPS) is 11.9. The fourth-order valence-electron chi connectivity index (χ4n) is 3.98. The number of benzene rings is 4. The summed E-state index contributed by atoms with van der Waals surface area (Å²) in [7, 11) is -7.38. The highest BCUT2D eigenvalue weighted by atomic mass is 35.5. The Morgan fingerprint density at radius 2 is 1.06 bits per heavy atom. The largest absolute Gasteiger partial charge is 0.333 e. The molecule has 0 bridgehead atoms. The highest BCUT2D eigenvalue weighted by Crippen LogP contribution is 2.58. The van der Waals surface area contributed by atoms with Crippen molar-refractivity contribution in [1.29, 1.82) is 0 Å². The van der Waals surface area contributed by atoms with Gasteiger partial charge < -0.3 is 0 Å². The zero-order chi connectivity index (χ0) is 21.9. The van der Waals surface area contributed by atoms with Crippen LogP contribution in [-0.4, -0.2) is 8.42 Å². The van der Waals surface area contributed by atoms with Crippen LogP contribution in [0.5, 0.6) is 0 Å². The van der Waals surface area contributed by atoms with Crippen molar-refractivity contribution in [2.24, 2.45) is 0 Å². The Morgan fingerprint density at radius 1 is 0.645 bits per heavy atom. The lowest BCUT2D eigenvalue weighted by Gasteiger charge is -2.28. The van der Waals surface area contributed by atoms with Gasteiger partial charge in [-0.05, 0) is 42.5 Å². The van der Waals surface area contributed by atoms with E-state index in [0.717, 1.165) is 15.9 Å². The molecule has 0 saturated carbocycles. The SMILES string of the molecule is O=S(=O)(F)c1c(Cl)cccc1C[P+](c1ccccc1)(c1ccccc1)c1ccccc1. The molecule has 0 N–H and O–H groups in total. The second kappa shape index (κ2) is 8.92. The number of hydrogen-bond donors (Lipinski definition) is 0. The molecule has 156 valence electrons. The summed E-state index contributed by atoms with van der Waals surface area (Å²) in [4.78, 5) is -0.441. The first kappa shape index (κ1) is 21.7. The van der Waals surface area contributed by atoms with E-state index in [0.29, 0.717) is 11.7 Å². The molecule has 6 heteroatoms. The molecule has 0 spiro atoms. The van der Waals surface area contributed by atoms with Gasteiger partial charge in [0.25, 0.3) is 0 Å². The molecule has 0 aromatic heterocycles. The fourth-order valence-corrected chi connectivity index (χ4v) is 9.57. The summed E-state index contributed by atoms with van der Waals surface area (Å²) in [5.74, 6) is 0. The summed E-state index contributed by atoms with van der Waals surface area (Å²) >= 11 is 6.17. The van der Waals surface area contributed by atoms with Crippen molar-refractivity contribution in [2.75, 3.05) is 0 Å². The van der Waals surface area contributed by atoms with E-state index in [-0.39, 0.29) is 5.02 Å². The van der Waals surface area contributed by atoms with Gasteiger partial charge in [-0.2, -0.15) is 8.42 Å². The van der Waals surface area contributed by atoms with Crippen molar-refractivity contribution in [1.82, 2.24) is 0 Å². The van der Waals surface area contributed by atoms with Crippen molar-refractivity contribution in [2.45, 2.75) is 11.1 Å². The van der Waals surface area contributed by atoms with E-state index in [2.05, 4.69) is 36.4 Å².